The number of hydroxylamine groups is 1. The highest BCUT2D eigenvalue weighted by molar-refractivity contribution is 7.88. The molecule has 2 saturated carbocycles. The Balaban J connectivity index is 1.97. The van der Waals surface area contributed by atoms with Gasteiger partial charge in [-0.25, -0.2) is 8.42 Å². The number of allylic oxidation sites excluding steroid dienone is 4. The van der Waals surface area contributed by atoms with Crippen LogP contribution in [0, 0.1) is 35.0 Å². The lowest BCUT2D eigenvalue weighted by atomic mass is 9.55. The van der Waals surface area contributed by atoms with Gasteiger partial charge >= 0.3 is 5.97 Å². The van der Waals surface area contributed by atoms with Crippen LogP contribution in [0.1, 0.15) is 46.0 Å². The Hall–Kier alpha value is -1.88. The average Bonchev–Trinajstić information content (AvgIpc) is 3.01. The standard InChI is InChI=1S/C24H35NO8S/c1-15(26)33-14-22(29)23-16(13-25(30)34(3,31)32)11-20-18-9-5-4-7-17(27)8-6-10-19(18)21(28)12-24(20,23)2/h4,6-8,16,18-21,23,28,30H,5,9-14H2,1-3H3. The zero-order chi connectivity index (χ0) is 25.3. The van der Waals surface area contributed by atoms with E-state index in [0.717, 1.165) is 6.26 Å². The van der Waals surface area contributed by atoms with E-state index in [4.69, 9.17) is 4.74 Å². The molecule has 0 aliphatic heterocycles. The second kappa shape index (κ2) is 10.4. The van der Waals surface area contributed by atoms with E-state index in [-0.39, 0.29) is 40.3 Å². The fourth-order valence-electron chi connectivity index (χ4n) is 6.67. The molecule has 0 bridgehead atoms. The van der Waals surface area contributed by atoms with Crippen LogP contribution in [0.25, 0.3) is 0 Å². The number of carbonyl (C=O) groups excluding carboxylic acids is 3. The number of aliphatic hydroxyl groups is 1. The van der Waals surface area contributed by atoms with Gasteiger partial charge in [0, 0.05) is 19.4 Å². The lowest BCUT2D eigenvalue weighted by Gasteiger charge is -2.51. The maximum absolute atomic E-state index is 13.3. The predicted molar refractivity (Wildman–Crippen MR) is 123 cm³/mol. The van der Waals surface area contributed by atoms with E-state index in [1.165, 1.54) is 19.1 Å². The first-order valence-corrected chi connectivity index (χ1v) is 13.6. The van der Waals surface area contributed by atoms with E-state index in [9.17, 15) is 33.1 Å². The molecule has 0 radical (unpaired) electrons. The SMILES string of the molecule is CC(=O)OCC(=O)C1C(CN(O)S(C)(=O)=O)CC2C3CCC=CC(=O)C=CCC3C(O)CC21C. The van der Waals surface area contributed by atoms with Gasteiger partial charge in [0.15, 0.2) is 11.6 Å². The molecule has 0 spiro atoms. The topological polar surface area (TPSA) is 138 Å². The first kappa shape index (κ1) is 26.7. The van der Waals surface area contributed by atoms with Crippen LogP contribution in [-0.4, -0.2) is 66.2 Å². The Labute approximate surface area is 200 Å². The normalized spacial score (nSPS) is 36.1. The third-order valence-electron chi connectivity index (χ3n) is 7.97. The minimum atomic E-state index is -3.88. The molecule has 2 fully saturated rings. The van der Waals surface area contributed by atoms with Gasteiger partial charge in [0.2, 0.25) is 10.0 Å². The van der Waals surface area contributed by atoms with Crippen molar-refractivity contribution in [3.63, 3.8) is 0 Å². The summed E-state index contributed by atoms with van der Waals surface area (Å²) in [5.41, 5.74) is -0.659. The molecular formula is C24H35NO8S. The number of hydrogen-bond donors (Lipinski definition) is 2. The summed E-state index contributed by atoms with van der Waals surface area (Å²) in [4.78, 5) is 36.5. The molecule has 3 rings (SSSR count). The lowest BCUT2D eigenvalue weighted by molar-refractivity contribution is -0.151. The number of esters is 1. The Morgan fingerprint density at radius 2 is 1.91 bits per heavy atom. The number of sulfonamides is 1. The maximum Gasteiger partial charge on any atom is 0.303 e. The Morgan fingerprint density at radius 1 is 1.24 bits per heavy atom. The van der Waals surface area contributed by atoms with E-state index in [1.54, 1.807) is 6.08 Å². The fourth-order valence-corrected chi connectivity index (χ4v) is 7.13. The van der Waals surface area contributed by atoms with E-state index >= 15 is 0 Å². The molecule has 34 heavy (non-hydrogen) atoms. The van der Waals surface area contributed by atoms with Crippen LogP contribution in [0.3, 0.4) is 0 Å². The first-order valence-electron chi connectivity index (χ1n) is 11.7. The third kappa shape index (κ3) is 5.67. The number of aliphatic hydroxyl groups excluding tert-OH is 1. The molecule has 7 unspecified atom stereocenters. The fraction of sp³-hybridized carbons (Fsp3) is 0.708. The van der Waals surface area contributed by atoms with Gasteiger partial charge in [0.25, 0.3) is 0 Å². The maximum atomic E-state index is 13.3. The van der Waals surface area contributed by atoms with Crippen molar-refractivity contribution in [2.24, 2.45) is 35.0 Å². The zero-order valence-electron chi connectivity index (χ0n) is 19.9. The molecule has 2 N–H and O–H groups in total. The molecule has 7 atom stereocenters. The number of hydrogen-bond acceptors (Lipinski definition) is 8. The molecule has 9 nitrogen and oxygen atoms in total. The monoisotopic (exact) mass is 497 g/mol. The summed E-state index contributed by atoms with van der Waals surface area (Å²) >= 11 is 0. The van der Waals surface area contributed by atoms with Crippen molar-refractivity contribution in [3.8, 4) is 0 Å². The highest BCUT2D eigenvalue weighted by atomic mass is 32.2. The number of rotatable bonds is 6. The third-order valence-corrected chi connectivity index (χ3v) is 8.89. The first-order chi connectivity index (χ1) is 15.8. The Morgan fingerprint density at radius 3 is 2.56 bits per heavy atom. The number of ketones is 2. The molecule has 0 aromatic heterocycles. The van der Waals surface area contributed by atoms with Crippen LogP contribution in [0.4, 0.5) is 0 Å². The van der Waals surface area contributed by atoms with Gasteiger partial charge in [-0.3, -0.25) is 19.6 Å². The molecule has 3 aliphatic carbocycles. The zero-order valence-corrected chi connectivity index (χ0v) is 20.7. The smallest absolute Gasteiger partial charge is 0.303 e. The summed E-state index contributed by atoms with van der Waals surface area (Å²) in [5.74, 6) is -2.26. The van der Waals surface area contributed by atoms with E-state index in [2.05, 4.69) is 0 Å². The minimum Gasteiger partial charge on any atom is -0.458 e. The number of ether oxygens (including phenoxy) is 1. The van der Waals surface area contributed by atoms with Crippen LogP contribution >= 0.6 is 0 Å². The average molecular weight is 498 g/mol. The molecule has 0 aromatic carbocycles. The number of carbonyl (C=O) groups is 3. The van der Waals surface area contributed by atoms with Gasteiger partial charge in [0.05, 0.1) is 12.4 Å². The van der Waals surface area contributed by atoms with Crippen molar-refractivity contribution in [1.29, 1.82) is 0 Å². The van der Waals surface area contributed by atoms with E-state index < -0.39 is 46.0 Å². The number of Topliss-reactive ketones (excluding diaryl/α,β-unsaturated/α-hetero) is 1. The Kier molecular flexibility index (Phi) is 8.17. The van der Waals surface area contributed by atoms with Crippen molar-refractivity contribution in [2.45, 2.75) is 52.1 Å². The quantitative estimate of drug-likeness (QED) is 0.419. The summed E-state index contributed by atoms with van der Waals surface area (Å²) < 4.78 is 29.1. The summed E-state index contributed by atoms with van der Waals surface area (Å²) in [6.07, 6.45) is 9.56. The van der Waals surface area contributed by atoms with E-state index in [0.29, 0.717) is 32.1 Å². The van der Waals surface area contributed by atoms with Crippen molar-refractivity contribution < 1.29 is 37.9 Å². The molecule has 0 heterocycles. The molecule has 0 saturated heterocycles. The van der Waals surface area contributed by atoms with Gasteiger partial charge < -0.3 is 9.84 Å². The summed E-state index contributed by atoms with van der Waals surface area (Å²) in [6, 6.07) is 0. The van der Waals surface area contributed by atoms with Crippen molar-refractivity contribution >= 4 is 27.6 Å². The Bertz CT molecular complexity index is 973. The number of fused-ring (bicyclic) bond motifs is 3. The van der Waals surface area contributed by atoms with Crippen LogP contribution in [0.2, 0.25) is 0 Å². The molecule has 0 amide bonds. The van der Waals surface area contributed by atoms with Crippen molar-refractivity contribution in [1.82, 2.24) is 4.47 Å². The van der Waals surface area contributed by atoms with Gasteiger partial charge in [-0.05, 0) is 73.3 Å². The summed E-state index contributed by atoms with van der Waals surface area (Å²) in [5, 5.41) is 21.4. The largest absolute Gasteiger partial charge is 0.458 e. The van der Waals surface area contributed by atoms with Gasteiger partial charge in [-0.2, -0.15) is 0 Å². The molecule has 10 heteroatoms. The second-order valence-corrected chi connectivity index (χ2v) is 12.1. The summed E-state index contributed by atoms with van der Waals surface area (Å²) in [7, 11) is -3.88. The van der Waals surface area contributed by atoms with Crippen LogP contribution < -0.4 is 0 Å². The highest BCUT2D eigenvalue weighted by Crippen LogP contribution is 2.62. The van der Waals surface area contributed by atoms with Crippen molar-refractivity contribution in [3.05, 3.63) is 24.3 Å². The lowest BCUT2D eigenvalue weighted by Crippen LogP contribution is -2.50. The van der Waals surface area contributed by atoms with Gasteiger partial charge in [-0.15, -0.1) is 0 Å². The van der Waals surface area contributed by atoms with Crippen LogP contribution in [-0.2, 0) is 29.1 Å². The van der Waals surface area contributed by atoms with Gasteiger partial charge in [0.1, 0.15) is 6.61 Å². The highest BCUT2D eigenvalue weighted by Gasteiger charge is 2.61. The number of nitrogens with zero attached hydrogens (tertiary/aromatic N) is 1. The molecular weight excluding hydrogens is 462 g/mol. The minimum absolute atomic E-state index is 0.0120. The molecule has 190 valence electrons. The summed E-state index contributed by atoms with van der Waals surface area (Å²) in [6.45, 7) is 2.48. The van der Waals surface area contributed by atoms with Crippen LogP contribution in [0.15, 0.2) is 24.3 Å². The van der Waals surface area contributed by atoms with Gasteiger partial charge in [-0.1, -0.05) is 23.5 Å². The predicted octanol–water partition coefficient (Wildman–Crippen LogP) is 1.89. The van der Waals surface area contributed by atoms with Crippen LogP contribution in [0.5, 0.6) is 0 Å². The molecule has 3 aliphatic rings. The van der Waals surface area contributed by atoms with Crippen molar-refractivity contribution in [2.75, 3.05) is 19.4 Å². The second-order valence-electron chi connectivity index (χ2n) is 10.2. The van der Waals surface area contributed by atoms with E-state index in [1.807, 2.05) is 13.0 Å². The molecule has 0 aromatic rings.